The lowest BCUT2D eigenvalue weighted by atomic mass is 10.3. The molecule has 0 saturated heterocycles. The number of rotatable bonds is 5. The number of hydrogen-bond acceptors (Lipinski definition) is 8. The fraction of sp³-hybridized carbons (Fsp3) is 0.200. The Labute approximate surface area is 119 Å². The molecule has 1 aromatic heterocycles. The van der Waals surface area contributed by atoms with Gasteiger partial charge in [-0.05, 0) is 13.0 Å². The van der Waals surface area contributed by atoms with Crippen molar-refractivity contribution in [2.24, 2.45) is 0 Å². The number of nitro groups is 1. The van der Waals surface area contributed by atoms with Gasteiger partial charge >= 0.3 is 6.01 Å². The first-order chi connectivity index (χ1) is 9.83. The normalized spacial score (nSPS) is 11.1. The topological polar surface area (TPSA) is 140 Å². The molecule has 0 saturated carbocycles. The Bertz CT molecular complexity index is 785. The van der Waals surface area contributed by atoms with Crippen LogP contribution in [0, 0.1) is 17.0 Å². The quantitative estimate of drug-likeness (QED) is 0.618. The van der Waals surface area contributed by atoms with Crippen molar-refractivity contribution in [2.45, 2.75) is 11.8 Å². The minimum atomic E-state index is -4.11. The Balaban J connectivity index is 2.47. The number of sulfonamides is 1. The molecule has 0 unspecified atom stereocenters. The lowest BCUT2D eigenvalue weighted by Gasteiger charge is -2.09. The predicted octanol–water partition coefficient (Wildman–Crippen LogP) is 1.13. The van der Waals surface area contributed by atoms with Crippen molar-refractivity contribution in [1.29, 1.82) is 0 Å². The van der Waals surface area contributed by atoms with Gasteiger partial charge in [0.15, 0.2) is 5.82 Å². The molecule has 112 valence electrons. The number of aromatic nitrogens is 2. The van der Waals surface area contributed by atoms with E-state index in [4.69, 9.17) is 0 Å². The Kier molecular flexibility index (Phi) is 3.76. The average Bonchev–Trinajstić information content (AvgIpc) is 2.82. The first kappa shape index (κ1) is 14.7. The van der Waals surface area contributed by atoms with Gasteiger partial charge in [0.2, 0.25) is 0 Å². The lowest BCUT2D eigenvalue weighted by Crippen LogP contribution is -2.15. The molecule has 10 nitrogen and oxygen atoms in total. The lowest BCUT2D eigenvalue weighted by molar-refractivity contribution is -0.385. The third-order valence-electron chi connectivity index (χ3n) is 2.48. The second-order valence-corrected chi connectivity index (χ2v) is 5.59. The van der Waals surface area contributed by atoms with Gasteiger partial charge in [0.25, 0.3) is 15.7 Å². The highest BCUT2D eigenvalue weighted by Gasteiger charge is 2.24. The molecular formula is C10H11N5O5S. The van der Waals surface area contributed by atoms with E-state index in [-0.39, 0.29) is 28.1 Å². The van der Waals surface area contributed by atoms with E-state index in [2.05, 4.69) is 24.7 Å². The zero-order valence-corrected chi connectivity index (χ0v) is 11.8. The standard InChI is InChI=1S/C10H11N5O5S/c1-6-12-10(20-13-6)14-21(18,19)9-5-7(15(16)17)3-4-8(9)11-2/h3-5,11H,1-2H3,(H,12,13,14). The number of non-ortho nitro benzene ring substituents is 1. The third-order valence-corrected chi connectivity index (χ3v) is 3.84. The third kappa shape index (κ3) is 3.08. The van der Waals surface area contributed by atoms with E-state index in [0.717, 1.165) is 6.07 Å². The molecular weight excluding hydrogens is 302 g/mol. The van der Waals surface area contributed by atoms with Crippen LogP contribution in [0.1, 0.15) is 5.82 Å². The van der Waals surface area contributed by atoms with Crippen LogP contribution in [0.3, 0.4) is 0 Å². The molecule has 21 heavy (non-hydrogen) atoms. The van der Waals surface area contributed by atoms with Gasteiger partial charge in [-0.3, -0.25) is 10.1 Å². The number of benzene rings is 1. The summed E-state index contributed by atoms with van der Waals surface area (Å²) >= 11 is 0. The van der Waals surface area contributed by atoms with Crippen LogP contribution in [0.25, 0.3) is 0 Å². The maximum Gasteiger partial charge on any atom is 0.335 e. The van der Waals surface area contributed by atoms with Gasteiger partial charge < -0.3 is 9.84 Å². The fourth-order valence-electron chi connectivity index (χ4n) is 1.56. The summed E-state index contributed by atoms with van der Waals surface area (Å²) in [7, 11) is -2.61. The molecule has 1 aromatic carbocycles. The van der Waals surface area contributed by atoms with Crippen LogP contribution < -0.4 is 10.0 Å². The fourth-order valence-corrected chi connectivity index (χ4v) is 2.72. The average molecular weight is 313 g/mol. The highest BCUT2D eigenvalue weighted by molar-refractivity contribution is 7.92. The van der Waals surface area contributed by atoms with Crippen molar-refractivity contribution in [3.05, 3.63) is 34.1 Å². The van der Waals surface area contributed by atoms with Gasteiger partial charge in [0, 0.05) is 19.2 Å². The Morgan fingerprint density at radius 3 is 2.62 bits per heavy atom. The second kappa shape index (κ2) is 5.36. The van der Waals surface area contributed by atoms with Crippen LogP contribution in [0.4, 0.5) is 17.4 Å². The first-order valence-corrected chi connectivity index (χ1v) is 7.11. The summed E-state index contributed by atoms with van der Waals surface area (Å²) in [5.41, 5.74) is -0.152. The van der Waals surface area contributed by atoms with Crippen LogP contribution in [-0.2, 0) is 10.0 Å². The molecule has 0 aliphatic heterocycles. The van der Waals surface area contributed by atoms with Gasteiger partial charge in [-0.15, -0.1) is 0 Å². The van der Waals surface area contributed by atoms with E-state index >= 15 is 0 Å². The van der Waals surface area contributed by atoms with Crippen LogP contribution in [0.2, 0.25) is 0 Å². The van der Waals surface area contributed by atoms with Gasteiger partial charge in [0.1, 0.15) is 4.90 Å². The largest absolute Gasteiger partial charge is 0.387 e. The summed E-state index contributed by atoms with van der Waals surface area (Å²) < 4.78 is 31.3. The van der Waals surface area contributed by atoms with Crippen LogP contribution in [0.15, 0.2) is 27.6 Å². The van der Waals surface area contributed by atoms with Crippen LogP contribution in [-0.4, -0.2) is 30.5 Å². The molecule has 2 rings (SSSR count). The van der Waals surface area contributed by atoms with E-state index < -0.39 is 14.9 Å². The van der Waals surface area contributed by atoms with Crippen LogP contribution in [0.5, 0.6) is 0 Å². The van der Waals surface area contributed by atoms with Crippen molar-refractivity contribution in [2.75, 3.05) is 17.1 Å². The van der Waals surface area contributed by atoms with E-state index in [1.807, 2.05) is 0 Å². The molecule has 0 radical (unpaired) electrons. The van der Waals surface area contributed by atoms with Gasteiger partial charge in [-0.25, -0.2) is 13.1 Å². The van der Waals surface area contributed by atoms with Crippen molar-refractivity contribution in [3.8, 4) is 0 Å². The molecule has 0 fully saturated rings. The number of hydrogen-bond donors (Lipinski definition) is 2. The maximum atomic E-state index is 12.3. The molecule has 0 aliphatic rings. The molecule has 0 spiro atoms. The summed E-state index contributed by atoms with van der Waals surface area (Å²) in [5, 5.41) is 16.9. The molecule has 0 atom stereocenters. The number of nitrogens with zero attached hydrogens (tertiary/aromatic N) is 3. The van der Waals surface area contributed by atoms with Crippen molar-refractivity contribution in [3.63, 3.8) is 0 Å². The van der Waals surface area contributed by atoms with Crippen molar-refractivity contribution in [1.82, 2.24) is 10.1 Å². The first-order valence-electron chi connectivity index (χ1n) is 5.63. The molecule has 1 heterocycles. The minimum absolute atomic E-state index is 0.198. The number of aryl methyl sites for hydroxylation is 1. The molecule has 0 bridgehead atoms. The van der Waals surface area contributed by atoms with Gasteiger partial charge in [-0.1, -0.05) is 5.16 Å². The number of nitrogens with one attached hydrogen (secondary N) is 2. The molecule has 2 N–H and O–H groups in total. The molecule has 11 heteroatoms. The van der Waals surface area contributed by atoms with Gasteiger partial charge in [-0.2, -0.15) is 4.98 Å². The summed E-state index contributed by atoms with van der Waals surface area (Å²) in [4.78, 5) is 13.5. The zero-order valence-electron chi connectivity index (χ0n) is 11.0. The highest BCUT2D eigenvalue weighted by atomic mass is 32.2. The number of anilines is 2. The number of nitro benzene ring substituents is 1. The summed E-state index contributed by atoms with van der Waals surface area (Å²) in [6, 6.07) is 3.12. The second-order valence-electron chi connectivity index (χ2n) is 3.94. The molecule has 0 amide bonds. The summed E-state index contributed by atoms with van der Waals surface area (Å²) in [6.45, 7) is 1.52. The monoisotopic (exact) mass is 313 g/mol. The van der Waals surface area contributed by atoms with E-state index in [0.29, 0.717) is 0 Å². The van der Waals surface area contributed by atoms with E-state index in [1.54, 1.807) is 0 Å². The minimum Gasteiger partial charge on any atom is -0.387 e. The van der Waals surface area contributed by atoms with E-state index in [1.165, 1.54) is 26.1 Å². The summed E-state index contributed by atoms with van der Waals surface area (Å²) in [6.07, 6.45) is 0. The Hall–Kier alpha value is -2.69. The molecule has 0 aliphatic carbocycles. The summed E-state index contributed by atoms with van der Waals surface area (Å²) in [5.74, 6) is 0.251. The highest BCUT2D eigenvalue weighted by Crippen LogP contribution is 2.27. The Morgan fingerprint density at radius 1 is 1.38 bits per heavy atom. The molecule has 2 aromatic rings. The smallest absolute Gasteiger partial charge is 0.335 e. The predicted molar refractivity (Wildman–Crippen MR) is 72.5 cm³/mol. The van der Waals surface area contributed by atoms with E-state index in [9.17, 15) is 18.5 Å². The maximum absolute atomic E-state index is 12.3. The van der Waals surface area contributed by atoms with Crippen molar-refractivity contribution >= 4 is 27.4 Å². The van der Waals surface area contributed by atoms with Crippen molar-refractivity contribution < 1.29 is 17.9 Å². The SMILES string of the molecule is CNc1ccc([N+](=O)[O-])cc1S(=O)(=O)Nc1nc(C)no1. The zero-order chi connectivity index (χ0) is 15.6. The Morgan fingerprint density at radius 2 is 2.10 bits per heavy atom. The van der Waals surface area contributed by atoms with Crippen LogP contribution >= 0.6 is 0 Å². The van der Waals surface area contributed by atoms with Gasteiger partial charge in [0.05, 0.1) is 10.6 Å².